The van der Waals surface area contributed by atoms with Crippen LogP contribution in [-0.4, -0.2) is 58.5 Å². The second-order valence-electron chi connectivity index (χ2n) is 6.91. The number of hydrogen-bond acceptors (Lipinski definition) is 6. The second kappa shape index (κ2) is 7.78. The maximum atomic E-state index is 12.8. The largest absolute Gasteiger partial charge is 0.355 e. The van der Waals surface area contributed by atoms with Crippen LogP contribution in [0.3, 0.4) is 0 Å². The van der Waals surface area contributed by atoms with Gasteiger partial charge in [0.15, 0.2) is 0 Å². The van der Waals surface area contributed by atoms with Gasteiger partial charge in [0.05, 0.1) is 0 Å². The van der Waals surface area contributed by atoms with Gasteiger partial charge in [0.25, 0.3) is 5.91 Å². The first-order valence-corrected chi connectivity index (χ1v) is 8.96. The molecule has 0 bridgehead atoms. The molecule has 0 spiro atoms. The van der Waals surface area contributed by atoms with Crippen LogP contribution in [0.25, 0.3) is 0 Å². The molecule has 1 amide bonds. The smallest absolute Gasteiger partial charge is 0.291 e. The number of carbonyl (C=O) groups is 1. The molecule has 0 radical (unpaired) electrons. The molecule has 1 atom stereocenters. The van der Waals surface area contributed by atoms with Crippen LogP contribution in [0.1, 0.15) is 33.9 Å². The van der Waals surface area contributed by atoms with Crippen LogP contribution in [-0.2, 0) is 6.42 Å². The third kappa shape index (κ3) is 3.99. The molecule has 1 fully saturated rings. The highest BCUT2D eigenvalue weighted by Gasteiger charge is 2.25. The van der Waals surface area contributed by atoms with Gasteiger partial charge in [-0.05, 0) is 44.4 Å². The van der Waals surface area contributed by atoms with Gasteiger partial charge in [0.1, 0.15) is 5.82 Å². The van der Waals surface area contributed by atoms with E-state index in [4.69, 9.17) is 5.73 Å². The van der Waals surface area contributed by atoms with Crippen LogP contribution < -0.4 is 10.6 Å². The molecule has 0 aromatic carbocycles. The molecule has 1 saturated heterocycles. The van der Waals surface area contributed by atoms with Crippen molar-refractivity contribution in [2.24, 2.45) is 5.73 Å². The predicted molar refractivity (Wildman–Crippen MR) is 101 cm³/mol. The Labute approximate surface area is 154 Å². The zero-order valence-corrected chi connectivity index (χ0v) is 15.6. The molecular formula is C19H26N6O. The summed E-state index contributed by atoms with van der Waals surface area (Å²) in [5.41, 5.74) is 9.02. The van der Waals surface area contributed by atoms with Gasteiger partial charge in [-0.15, -0.1) is 0 Å². The first-order chi connectivity index (χ1) is 12.5. The molecule has 1 aliphatic rings. The number of anilines is 1. The highest BCUT2D eigenvalue weighted by Crippen LogP contribution is 2.23. The van der Waals surface area contributed by atoms with Gasteiger partial charge in [0, 0.05) is 56.4 Å². The van der Waals surface area contributed by atoms with Crippen LogP contribution in [0.2, 0.25) is 0 Å². The monoisotopic (exact) mass is 354 g/mol. The third-order valence-electron chi connectivity index (χ3n) is 4.91. The lowest BCUT2D eigenvalue weighted by Gasteiger charge is -2.22. The molecule has 7 heteroatoms. The van der Waals surface area contributed by atoms with Gasteiger partial charge in [0.2, 0.25) is 5.82 Å². The van der Waals surface area contributed by atoms with E-state index in [1.807, 2.05) is 26.0 Å². The van der Waals surface area contributed by atoms with E-state index in [1.165, 1.54) is 0 Å². The van der Waals surface area contributed by atoms with Crippen LogP contribution >= 0.6 is 0 Å². The van der Waals surface area contributed by atoms with Crippen LogP contribution in [0.15, 0.2) is 24.5 Å². The second-order valence-corrected chi connectivity index (χ2v) is 6.91. The van der Waals surface area contributed by atoms with Crippen LogP contribution in [0.4, 0.5) is 5.82 Å². The number of likely N-dealkylation sites (N-methyl/N-ethyl adjacent to an activating group) is 1. The Kier molecular flexibility index (Phi) is 5.46. The molecule has 0 aliphatic carbocycles. The molecule has 2 N–H and O–H groups in total. The number of aryl methyl sites for hydroxylation is 1. The molecule has 26 heavy (non-hydrogen) atoms. The van der Waals surface area contributed by atoms with Crippen molar-refractivity contribution >= 4 is 11.7 Å². The van der Waals surface area contributed by atoms with Gasteiger partial charge in [-0.1, -0.05) is 0 Å². The average Bonchev–Trinajstić information content (AvgIpc) is 3.08. The highest BCUT2D eigenvalue weighted by atomic mass is 16.2. The summed E-state index contributed by atoms with van der Waals surface area (Å²) in [7, 11) is 1.79. The van der Waals surface area contributed by atoms with E-state index in [0.29, 0.717) is 6.54 Å². The Morgan fingerprint density at radius 2 is 2.04 bits per heavy atom. The summed E-state index contributed by atoms with van der Waals surface area (Å²) < 4.78 is 0. The van der Waals surface area contributed by atoms with Gasteiger partial charge >= 0.3 is 0 Å². The molecule has 0 saturated carbocycles. The molecule has 1 aliphatic heterocycles. The lowest BCUT2D eigenvalue weighted by atomic mass is 10.2. The van der Waals surface area contributed by atoms with Crippen LogP contribution in [0.5, 0.6) is 0 Å². The normalized spacial score (nSPS) is 16.8. The highest BCUT2D eigenvalue weighted by molar-refractivity contribution is 5.90. The first kappa shape index (κ1) is 18.3. The molecular weight excluding hydrogens is 328 g/mol. The van der Waals surface area contributed by atoms with E-state index in [1.54, 1.807) is 24.3 Å². The minimum Gasteiger partial charge on any atom is -0.355 e. The first-order valence-electron chi connectivity index (χ1n) is 8.96. The van der Waals surface area contributed by atoms with E-state index in [2.05, 4.69) is 19.9 Å². The Morgan fingerprint density at radius 3 is 2.69 bits per heavy atom. The number of hydrogen-bond donors (Lipinski definition) is 1. The van der Waals surface area contributed by atoms with Gasteiger partial charge in [-0.25, -0.2) is 9.97 Å². The van der Waals surface area contributed by atoms with Crippen molar-refractivity contribution in [3.63, 3.8) is 0 Å². The molecule has 3 rings (SSSR count). The van der Waals surface area contributed by atoms with Gasteiger partial charge < -0.3 is 15.5 Å². The fourth-order valence-electron chi connectivity index (χ4n) is 3.12. The summed E-state index contributed by atoms with van der Waals surface area (Å²) in [6.45, 7) is 6.15. The van der Waals surface area contributed by atoms with E-state index >= 15 is 0 Å². The number of amides is 1. The van der Waals surface area contributed by atoms with Gasteiger partial charge in [-0.2, -0.15) is 0 Å². The molecule has 138 valence electrons. The van der Waals surface area contributed by atoms with E-state index < -0.39 is 0 Å². The predicted octanol–water partition coefficient (Wildman–Crippen LogP) is 1.34. The summed E-state index contributed by atoms with van der Waals surface area (Å²) in [5.74, 6) is 0.920. The van der Waals surface area contributed by atoms with Gasteiger partial charge in [-0.3, -0.25) is 9.78 Å². The number of aromatic nitrogens is 3. The molecule has 2 aromatic rings. The summed E-state index contributed by atoms with van der Waals surface area (Å²) in [4.78, 5) is 29.7. The summed E-state index contributed by atoms with van der Waals surface area (Å²) in [5, 5.41) is 0. The fourth-order valence-corrected chi connectivity index (χ4v) is 3.12. The summed E-state index contributed by atoms with van der Waals surface area (Å²) >= 11 is 0. The van der Waals surface area contributed by atoms with Crippen molar-refractivity contribution in [2.45, 2.75) is 32.7 Å². The lowest BCUT2D eigenvalue weighted by molar-refractivity contribution is 0.0784. The number of pyridine rings is 1. The van der Waals surface area contributed by atoms with Crippen molar-refractivity contribution in [3.05, 3.63) is 47.2 Å². The molecule has 7 nitrogen and oxygen atoms in total. The van der Waals surface area contributed by atoms with E-state index in [9.17, 15) is 4.79 Å². The number of rotatable bonds is 5. The standard InChI is InChI=1S/C19H26N6O/c1-13-14(2)22-17(23-18(13)25-11-7-16(20)12-25)19(26)24(3)10-6-15-4-8-21-9-5-15/h4-5,8-9,16H,6-7,10-12,20H2,1-3H3/t16-/m1/s1. The average molecular weight is 354 g/mol. The lowest BCUT2D eigenvalue weighted by Crippen LogP contribution is -2.32. The number of nitrogens with zero attached hydrogens (tertiary/aromatic N) is 5. The van der Waals surface area contributed by atoms with Crippen molar-refractivity contribution in [1.29, 1.82) is 0 Å². The molecule has 2 aromatic heterocycles. The topological polar surface area (TPSA) is 88.2 Å². The van der Waals surface area contributed by atoms with E-state index in [0.717, 1.165) is 48.6 Å². The Morgan fingerprint density at radius 1 is 1.31 bits per heavy atom. The minimum atomic E-state index is -0.160. The quantitative estimate of drug-likeness (QED) is 0.872. The SMILES string of the molecule is Cc1nc(C(=O)N(C)CCc2ccncc2)nc(N2CC[C@@H](N)C2)c1C. The van der Waals surface area contributed by atoms with Crippen LogP contribution in [0, 0.1) is 13.8 Å². The van der Waals surface area contributed by atoms with E-state index in [-0.39, 0.29) is 17.8 Å². The Balaban J connectivity index is 1.75. The Hall–Kier alpha value is -2.54. The van der Waals surface area contributed by atoms with Crippen molar-refractivity contribution in [1.82, 2.24) is 19.9 Å². The fraction of sp³-hybridized carbons (Fsp3) is 0.474. The zero-order valence-electron chi connectivity index (χ0n) is 15.6. The molecule has 0 unspecified atom stereocenters. The number of nitrogens with two attached hydrogens (primary N) is 1. The summed E-state index contributed by atoms with van der Waals surface area (Å²) in [6, 6.07) is 4.07. The maximum absolute atomic E-state index is 12.8. The minimum absolute atomic E-state index is 0.159. The van der Waals surface area contributed by atoms with Crippen molar-refractivity contribution < 1.29 is 4.79 Å². The van der Waals surface area contributed by atoms with Crippen molar-refractivity contribution in [2.75, 3.05) is 31.6 Å². The number of carbonyl (C=O) groups excluding carboxylic acids is 1. The Bertz CT molecular complexity index is 779. The van der Waals surface area contributed by atoms with Crippen molar-refractivity contribution in [3.8, 4) is 0 Å². The molecule has 3 heterocycles. The third-order valence-corrected chi connectivity index (χ3v) is 4.91. The maximum Gasteiger partial charge on any atom is 0.291 e. The zero-order chi connectivity index (χ0) is 18.7. The summed E-state index contributed by atoms with van der Waals surface area (Å²) in [6.07, 6.45) is 5.23.